The second-order valence-corrected chi connectivity index (χ2v) is 7.22. The maximum Gasteiger partial charge on any atom is 0.255 e. The normalized spacial score (nSPS) is 16.7. The van der Waals surface area contributed by atoms with E-state index in [1.165, 1.54) is 0 Å². The molecule has 25 heavy (non-hydrogen) atoms. The van der Waals surface area contributed by atoms with Crippen molar-refractivity contribution >= 4 is 27.5 Å². The lowest BCUT2D eigenvalue weighted by molar-refractivity contribution is 0.0677. The number of carbonyl (C=O) groups is 1. The number of halogens is 1. The fourth-order valence-corrected chi connectivity index (χ4v) is 3.28. The molecule has 3 rings (SSSR count). The Labute approximate surface area is 156 Å². The van der Waals surface area contributed by atoms with Crippen LogP contribution in [-0.2, 0) is 4.74 Å². The molecule has 1 amide bonds. The molecule has 1 N–H and O–H groups in total. The third-order valence-electron chi connectivity index (χ3n) is 4.28. The van der Waals surface area contributed by atoms with Gasteiger partial charge in [0.15, 0.2) is 0 Å². The van der Waals surface area contributed by atoms with Gasteiger partial charge in [-0.2, -0.15) is 0 Å². The van der Waals surface area contributed by atoms with Crippen LogP contribution in [0.3, 0.4) is 0 Å². The zero-order chi connectivity index (χ0) is 17.8. The summed E-state index contributed by atoms with van der Waals surface area (Å²) in [5, 5.41) is 2.97. The molecular weight excluding hydrogens is 382 g/mol. The smallest absolute Gasteiger partial charge is 0.255 e. The number of benzene rings is 2. The van der Waals surface area contributed by atoms with Gasteiger partial charge in [-0.3, -0.25) is 4.79 Å². The van der Waals surface area contributed by atoms with Gasteiger partial charge in [0.05, 0.1) is 10.6 Å². The molecule has 1 atom stereocenters. The summed E-state index contributed by atoms with van der Waals surface area (Å²) in [6, 6.07) is 11.4. The monoisotopic (exact) mass is 403 g/mol. The Hall–Kier alpha value is -1.85. The van der Waals surface area contributed by atoms with Crippen LogP contribution >= 0.6 is 15.9 Å². The van der Waals surface area contributed by atoms with Gasteiger partial charge < -0.3 is 14.8 Å². The van der Waals surface area contributed by atoms with E-state index in [0.29, 0.717) is 12.2 Å². The Bertz CT molecular complexity index is 770. The number of rotatable bonds is 5. The zero-order valence-electron chi connectivity index (χ0n) is 14.5. The quantitative estimate of drug-likeness (QED) is 0.773. The number of hydrogen-bond acceptors (Lipinski definition) is 3. The van der Waals surface area contributed by atoms with E-state index in [4.69, 9.17) is 9.47 Å². The summed E-state index contributed by atoms with van der Waals surface area (Å²) in [6.45, 7) is 5.33. The summed E-state index contributed by atoms with van der Waals surface area (Å²) in [4.78, 5) is 12.5. The van der Waals surface area contributed by atoms with Crippen molar-refractivity contribution < 1.29 is 14.3 Å². The molecule has 0 aromatic heterocycles. The average Bonchev–Trinajstić information content (AvgIpc) is 3.10. The highest BCUT2D eigenvalue weighted by Gasteiger charge is 2.17. The highest BCUT2D eigenvalue weighted by molar-refractivity contribution is 9.10. The van der Waals surface area contributed by atoms with Crippen molar-refractivity contribution in [2.45, 2.75) is 32.8 Å². The minimum Gasteiger partial charge on any atom is -0.490 e. The van der Waals surface area contributed by atoms with E-state index in [1.54, 1.807) is 12.1 Å². The maximum absolute atomic E-state index is 12.5. The van der Waals surface area contributed by atoms with Crippen LogP contribution < -0.4 is 10.1 Å². The molecule has 0 radical (unpaired) electrons. The highest BCUT2D eigenvalue weighted by Crippen LogP contribution is 2.27. The first kappa shape index (κ1) is 18.0. The Balaban J connectivity index is 1.66. The van der Waals surface area contributed by atoms with E-state index < -0.39 is 0 Å². The predicted molar refractivity (Wildman–Crippen MR) is 102 cm³/mol. The molecule has 2 aromatic rings. The van der Waals surface area contributed by atoms with Crippen molar-refractivity contribution in [3.05, 3.63) is 57.6 Å². The minimum absolute atomic E-state index is 0.139. The minimum atomic E-state index is -0.139. The second-order valence-electron chi connectivity index (χ2n) is 6.36. The SMILES string of the molecule is Cc1ccc(C)c(NC(=O)c2ccc(OCC3CCCO3)c(Br)c2)c1. The number of hydrogen-bond donors (Lipinski definition) is 1. The van der Waals surface area contributed by atoms with Crippen molar-refractivity contribution in [3.8, 4) is 5.75 Å². The molecule has 5 heteroatoms. The van der Waals surface area contributed by atoms with E-state index in [2.05, 4.69) is 21.2 Å². The molecule has 0 spiro atoms. The topological polar surface area (TPSA) is 47.6 Å². The Morgan fingerprint density at radius 3 is 2.84 bits per heavy atom. The van der Waals surface area contributed by atoms with Crippen LogP contribution in [0.25, 0.3) is 0 Å². The van der Waals surface area contributed by atoms with Gasteiger partial charge in [-0.25, -0.2) is 0 Å². The predicted octanol–water partition coefficient (Wildman–Crippen LogP) is 4.88. The van der Waals surface area contributed by atoms with Crippen LogP contribution in [0.2, 0.25) is 0 Å². The van der Waals surface area contributed by atoms with Crippen molar-refractivity contribution in [1.82, 2.24) is 0 Å². The maximum atomic E-state index is 12.5. The van der Waals surface area contributed by atoms with Crippen molar-refractivity contribution in [2.75, 3.05) is 18.5 Å². The molecule has 0 bridgehead atoms. The standard InChI is InChI=1S/C20H22BrNO3/c1-13-5-6-14(2)18(10-13)22-20(23)15-7-8-19(17(21)11-15)25-12-16-4-3-9-24-16/h5-8,10-11,16H,3-4,9,12H2,1-2H3,(H,22,23). The summed E-state index contributed by atoms with van der Waals surface area (Å²) in [5.74, 6) is 0.582. The first-order valence-electron chi connectivity index (χ1n) is 8.45. The number of carbonyl (C=O) groups excluding carboxylic acids is 1. The molecule has 1 heterocycles. The first-order chi connectivity index (χ1) is 12.0. The number of aryl methyl sites for hydroxylation is 2. The van der Waals surface area contributed by atoms with Crippen LogP contribution in [0.1, 0.15) is 34.3 Å². The van der Waals surface area contributed by atoms with Gasteiger partial charge in [0.1, 0.15) is 12.4 Å². The van der Waals surface area contributed by atoms with E-state index in [1.807, 2.05) is 38.1 Å². The third-order valence-corrected chi connectivity index (χ3v) is 4.90. The molecule has 1 fully saturated rings. The molecule has 1 aliphatic heterocycles. The Morgan fingerprint density at radius 2 is 2.12 bits per heavy atom. The fraction of sp³-hybridized carbons (Fsp3) is 0.350. The lowest BCUT2D eigenvalue weighted by Gasteiger charge is -2.14. The van der Waals surface area contributed by atoms with Crippen molar-refractivity contribution in [1.29, 1.82) is 0 Å². The van der Waals surface area contributed by atoms with Gasteiger partial charge in [0.25, 0.3) is 5.91 Å². The molecule has 0 saturated carbocycles. The molecular formula is C20H22BrNO3. The molecule has 1 saturated heterocycles. The molecule has 132 valence electrons. The van der Waals surface area contributed by atoms with E-state index in [9.17, 15) is 4.79 Å². The molecule has 1 unspecified atom stereocenters. The van der Waals surface area contributed by atoms with Crippen LogP contribution in [0.15, 0.2) is 40.9 Å². The third kappa shape index (κ3) is 4.61. The average molecular weight is 404 g/mol. The largest absolute Gasteiger partial charge is 0.490 e. The number of ether oxygens (including phenoxy) is 2. The fourth-order valence-electron chi connectivity index (χ4n) is 2.78. The van der Waals surface area contributed by atoms with Gasteiger partial charge in [-0.15, -0.1) is 0 Å². The van der Waals surface area contributed by atoms with Gasteiger partial charge in [0.2, 0.25) is 0 Å². The molecule has 4 nitrogen and oxygen atoms in total. The van der Waals surface area contributed by atoms with Crippen molar-refractivity contribution in [3.63, 3.8) is 0 Å². The molecule has 2 aromatic carbocycles. The molecule has 1 aliphatic rings. The summed E-state index contributed by atoms with van der Waals surface area (Å²) < 4.78 is 12.1. The van der Waals surface area contributed by atoms with E-state index in [0.717, 1.165) is 46.5 Å². The van der Waals surface area contributed by atoms with Crippen LogP contribution in [0, 0.1) is 13.8 Å². The first-order valence-corrected chi connectivity index (χ1v) is 9.25. The lowest BCUT2D eigenvalue weighted by atomic mass is 10.1. The number of amides is 1. The Kier molecular flexibility index (Phi) is 5.76. The van der Waals surface area contributed by atoms with Gasteiger partial charge >= 0.3 is 0 Å². The summed E-state index contributed by atoms with van der Waals surface area (Å²) in [6.07, 6.45) is 2.29. The Morgan fingerprint density at radius 1 is 1.28 bits per heavy atom. The summed E-state index contributed by atoms with van der Waals surface area (Å²) in [7, 11) is 0. The summed E-state index contributed by atoms with van der Waals surface area (Å²) >= 11 is 3.49. The second kappa shape index (κ2) is 8.02. The van der Waals surface area contributed by atoms with Crippen LogP contribution in [0.5, 0.6) is 5.75 Å². The van der Waals surface area contributed by atoms with Crippen molar-refractivity contribution in [2.24, 2.45) is 0 Å². The molecule has 0 aliphatic carbocycles. The van der Waals surface area contributed by atoms with E-state index >= 15 is 0 Å². The van der Waals surface area contributed by atoms with Crippen LogP contribution in [0.4, 0.5) is 5.69 Å². The van der Waals surface area contributed by atoms with Gasteiger partial charge in [-0.1, -0.05) is 12.1 Å². The van der Waals surface area contributed by atoms with Crippen LogP contribution in [-0.4, -0.2) is 25.2 Å². The summed E-state index contributed by atoms with van der Waals surface area (Å²) in [5.41, 5.74) is 3.56. The number of anilines is 1. The lowest BCUT2D eigenvalue weighted by Crippen LogP contribution is -2.17. The zero-order valence-corrected chi connectivity index (χ0v) is 16.1. The van der Waals surface area contributed by atoms with E-state index in [-0.39, 0.29) is 12.0 Å². The number of nitrogens with one attached hydrogen (secondary N) is 1. The highest BCUT2D eigenvalue weighted by atomic mass is 79.9. The van der Waals surface area contributed by atoms with Gasteiger partial charge in [-0.05, 0) is 78.0 Å². The van der Waals surface area contributed by atoms with Gasteiger partial charge in [0, 0.05) is 17.9 Å².